The summed E-state index contributed by atoms with van der Waals surface area (Å²) in [7, 11) is 1.58. The normalized spacial score (nSPS) is 17.9. The maximum Gasteiger partial charge on any atom is 0.320 e. The molecule has 1 atom stereocenters. The first-order valence-electron chi connectivity index (χ1n) is 14.3. The standard InChI is InChI=1S/C33H39N3O5/c1-32(2,17-8-7-14-28(38)36-18-20-41-21-19-36)33(35-31(39)34-24-12-9-13-25(22-24)40-3)29-26(15-16-27(37)30(29)33)23-10-5-4-6-11-23/h4-6,9-13,15-16,22,37H,7-8,14,17-21H2,1-3H3,(H2,34,35,39). The Hall–Kier alpha value is -4.04. The van der Waals surface area contributed by atoms with Crippen molar-refractivity contribution in [3.8, 4) is 22.6 Å². The average Bonchev–Trinajstić information content (AvgIpc) is 3.67. The third-order valence-corrected chi connectivity index (χ3v) is 8.41. The Labute approximate surface area is 241 Å². The number of methoxy groups -OCH3 is 1. The summed E-state index contributed by atoms with van der Waals surface area (Å²) in [5.74, 6) is 0.968. The van der Waals surface area contributed by atoms with Crippen molar-refractivity contribution in [2.45, 2.75) is 45.1 Å². The van der Waals surface area contributed by atoms with E-state index in [0.717, 1.165) is 41.5 Å². The predicted octanol–water partition coefficient (Wildman–Crippen LogP) is 5.89. The molecule has 41 heavy (non-hydrogen) atoms. The summed E-state index contributed by atoms with van der Waals surface area (Å²) in [5.41, 5.74) is 2.93. The molecule has 0 bridgehead atoms. The molecule has 0 spiro atoms. The summed E-state index contributed by atoms with van der Waals surface area (Å²) < 4.78 is 10.7. The van der Waals surface area contributed by atoms with Crippen LogP contribution in [0.3, 0.4) is 0 Å². The second-order valence-corrected chi connectivity index (χ2v) is 11.4. The van der Waals surface area contributed by atoms with Crippen LogP contribution >= 0.6 is 0 Å². The van der Waals surface area contributed by atoms with Crippen LogP contribution in [0.15, 0.2) is 66.7 Å². The van der Waals surface area contributed by atoms with E-state index in [1.165, 1.54) is 0 Å². The van der Waals surface area contributed by atoms with Crippen molar-refractivity contribution >= 4 is 17.6 Å². The van der Waals surface area contributed by atoms with Crippen LogP contribution in [0, 0.1) is 5.41 Å². The molecule has 1 saturated heterocycles. The minimum absolute atomic E-state index is 0.162. The lowest BCUT2D eigenvalue weighted by molar-refractivity contribution is -0.135. The zero-order chi connectivity index (χ0) is 29.0. The molecule has 216 valence electrons. The Bertz CT molecular complexity index is 1400. The highest BCUT2D eigenvalue weighted by Crippen LogP contribution is 2.66. The van der Waals surface area contributed by atoms with Crippen LogP contribution in [0.2, 0.25) is 0 Å². The Balaban J connectivity index is 1.38. The van der Waals surface area contributed by atoms with Gasteiger partial charge in [0.1, 0.15) is 17.0 Å². The van der Waals surface area contributed by atoms with Crippen LogP contribution in [0.25, 0.3) is 11.1 Å². The molecule has 0 aromatic heterocycles. The van der Waals surface area contributed by atoms with Gasteiger partial charge < -0.3 is 30.1 Å². The number of morpholine rings is 1. The number of carbonyl (C=O) groups excluding carboxylic acids is 2. The lowest BCUT2D eigenvalue weighted by Gasteiger charge is -2.37. The van der Waals surface area contributed by atoms with Crippen LogP contribution in [0.1, 0.15) is 50.7 Å². The van der Waals surface area contributed by atoms with Gasteiger partial charge in [0.15, 0.2) is 0 Å². The van der Waals surface area contributed by atoms with E-state index in [0.29, 0.717) is 44.2 Å². The maximum atomic E-state index is 13.5. The van der Waals surface area contributed by atoms with Crippen molar-refractivity contribution < 1.29 is 24.2 Å². The topological polar surface area (TPSA) is 100 Å². The number of rotatable bonds is 10. The molecular formula is C33H39N3O5. The van der Waals surface area contributed by atoms with E-state index in [1.54, 1.807) is 25.3 Å². The molecule has 3 aromatic rings. The molecular weight excluding hydrogens is 518 g/mol. The second kappa shape index (κ2) is 11.8. The lowest BCUT2D eigenvalue weighted by atomic mass is 9.74. The third kappa shape index (κ3) is 5.75. The van der Waals surface area contributed by atoms with Crippen molar-refractivity contribution in [2.75, 3.05) is 38.7 Å². The number of urea groups is 1. The Kier molecular flexibility index (Phi) is 8.22. The molecule has 1 aliphatic heterocycles. The van der Waals surface area contributed by atoms with Gasteiger partial charge in [-0.15, -0.1) is 0 Å². The number of amides is 3. The molecule has 1 fully saturated rings. The summed E-state index contributed by atoms with van der Waals surface area (Å²) in [5, 5.41) is 17.3. The minimum atomic E-state index is -0.886. The number of hydrogen-bond donors (Lipinski definition) is 3. The Morgan fingerprint density at radius 2 is 1.76 bits per heavy atom. The van der Waals surface area contributed by atoms with Gasteiger partial charge >= 0.3 is 6.03 Å². The van der Waals surface area contributed by atoms with Gasteiger partial charge in [0, 0.05) is 42.4 Å². The maximum absolute atomic E-state index is 13.5. The van der Waals surface area contributed by atoms with Crippen LogP contribution in [-0.4, -0.2) is 55.4 Å². The van der Waals surface area contributed by atoms with Crippen LogP contribution in [0.5, 0.6) is 11.5 Å². The molecule has 2 aliphatic rings. The van der Waals surface area contributed by atoms with Crippen molar-refractivity contribution in [1.82, 2.24) is 10.2 Å². The van der Waals surface area contributed by atoms with E-state index < -0.39 is 11.0 Å². The number of fused-ring (bicyclic) bond motifs is 1. The Morgan fingerprint density at radius 1 is 1.00 bits per heavy atom. The molecule has 1 aliphatic carbocycles. The van der Waals surface area contributed by atoms with E-state index >= 15 is 0 Å². The summed E-state index contributed by atoms with van der Waals surface area (Å²) in [4.78, 5) is 28.1. The highest BCUT2D eigenvalue weighted by molar-refractivity contribution is 5.94. The Morgan fingerprint density at radius 3 is 2.49 bits per heavy atom. The SMILES string of the molecule is COc1cccc(NC(=O)NC2(C(C)(C)CCCCC(=O)N3CCOCC3)c3c(O)ccc(-c4ccccc4)c32)c1. The van der Waals surface area contributed by atoms with Crippen LogP contribution < -0.4 is 15.4 Å². The zero-order valence-electron chi connectivity index (χ0n) is 24.0. The van der Waals surface area contributed by atoms with Gasteiger partial charge in [-0.3, -0.25) is 4.79 Å². The van der Waals surface area contributed by atoms with E-state index in [9.17, 15) is 14.7 Å². The third-order valence-electron chi connectivity index (χ3n) is 8.41. The molecule has 3 N–H and O–H groups in total. The van der Waals surface area contributed by atoms with Gasteiger partial charge in [0.05, 0.1) is 20.3 Å². The predicted molar refractivity (Wildman–Crippen MR) is 159 cm³/mol. The van der Waals surface area contributed by atoms with Crippen LogP contribution in [0.4, 0.5) is 10.5 Å². The largest absolute Gasteiger partial charge is 0.508 e. The fourth-order valence-corrected chi connectivity index (χ4v) is 6.13. The van der Waals surface area contributed by atoms with E-state index in [4.69, 9.17) is 9.47 Å². The number of benzene rings is 3. The molecule has 3 aromatic carbocycles. The van der Waals surface area contributed by atoms with E-state index in [1.807, 2.05) is 53.4 Å². The zero-order valence-corrected chi connectivity index (χ0v) is 24.0. The first-order valence-corrected chi connectivity index (χ1v) is 14.3. The number of anilines is 1. The van der Waals surface area contributed by atoms with Crippen molar-refractivity contribution in [3.63, 3.8) is 0 Å². The number of phenolic OH excluding ortho intramolecular Hbond substituents is 1. The summed E-state index contributed by atoms with van der Waals surface area (Å²) in [6.45, 7) is 6.73. The van der Waals surface area contributed by atoms with Gasteiger partial charge in [-0.05, 0) is 47.6 Å². The van der Waals surface area contributed by atoms with Gasteiger partial charge in [0.2, 0.25) is 5.91 Å². The van der Waals surface area contributed by atoms with E-state index in [-0.39, 0.29) is 17.7 Å². The number of nitrogens with one attached hydrogen (secondary N) is 2. The lowest BCUT2D eigenvalue weighted by Crippen LogP contribution is -2.48. The van der Waals surface area contributed by atoms with Crippen LogP contribution in [-0.2, 0) is 15.1 Å². The minimum Gasteiger partial charge on any atom is -0.508 e. The molecule has 8 heteroatoms. The van der Waals surface area contributed by atoms with Gasteiger partial charge in [0.25, 0.3) is 0 Å². The first kappa shape index (κ1) is 28.5. The monoisotopic (exact) mass is 557 g/mol. The second-order valence-electron chi connectivity index (χ2n) is 11.4. The summed E-state index contributed by atoms with van der Waals surface area (Å²) in [6.07, 6.45) is 2.78. The first-order chi connectivity index (χ1) is 19.8. The molecule has 0 radical (unpaired) electrons. The molecule has 1 heterocycles. The molecule has 5 rings (SSSR count). The average molecular weight is 558 g/mol. The van der Waals surface area contributed by atoms with Crippen molar-refractivity contribution in [2.24, 2.45) is 5.41 Å². The highest BCUT2D eigenvalue weighted by Gasteiger charge is 2.64. The van der Waals surface area contributed by atoms with Gasteiger partial charge in [-0.1, -0.05) is 62.7 Å². The van der Waals surface area contributed by atoms with E-state index in [2.05, 4.69) is 24.5 Å². The van der Waals surface area contributed by atoms with Crippen molar-refractivity contribution in [3.05, 3.63) is 77.9 Å². The number of phenols is 1. The molecule has 8 nitrogen and oxygen atoms in total. The molecule has 3 amide bonds. The number of nitrogens with zero attached hydrogens (tertiary/aromatic N) is 1. The number of carbonyl (C=O) groups is 2. The number of hydrogen-bond acceptors (Lipinski definition) is 5. The molecule has 0 saturated carbocycles. The van der Waals surface area contributed by atoms with Crippen molar-refractivity contribution in [1.29, 1.82) is 0 Å². The smallest absolute Gasteiger partial charge is 0.320 e. The van der Waals surface area contributed by atoms with Gasteiger partial charge in [-0.25, -0.2) is 4.79 Å². The fraction of sp³-hybridized carbons (Fsp3) is 0.394. The summed E-state index contributed by atoms with van der Waals surface area (Å²) >= 11 is 0. The molecule has 1 unspecified atom stereocenters. The highest BCUT2D eigenvalue weighted by atomic mass is 16.5. The number of aromatic hydroxyl groups is 1. The fourth-order valence-electron chi connectivity index (χ4n) is 6.13. The van der Waals surface area contributed by atoms with Gasteiger partial charge in [-0.2, -0.15) is 0 Å². The number of ether oxygens (including phenoxy) is 2. The quantitative estimate of drug-likeness (QED) is 0.270. The summed E-state index contributed by atoms with van der Waals surface area (Å²) in [6, 6.07) is 20.5. The number of unbranched alkanes of at least 4 members (excludes halogenated alkanes) is 1.